The smallest absolute Gasteiger partial charge is 0.280 e. The number of carbonyl (C=O) groups excluding carboxylic acids is 1. The van der Waals surface area contributed by atoms with Gasteiger partial charge in [-0.2, -0.15) is 0 Å². The molecule has 5 heteroatoms. The Hall–Kier alpha value is -2.59. The average Bonchev–Trinajstić information content (AvgIpc) is 3.22. The zero-order chi connectivity index (χ0) is 15.8. The Labute approximate surface area is 138 Å². The number of aromatic nitrogens is 1. The first-order chi connectivity index (χ1) is 11.2. The summed E-state index contributed by atoms with van der Waals surface area (Å²) in [6, 6.07) is 16.8. The lowest BCUT2D eigenvalue weighted by Crippen LogP contribution is -2.29. The molecular formula is C18H13ClN2O2. The van der Waals surface area contributed by atoms with Crippen LogP contribution in [0.1, 0.15) is 16.1 Å². The summed E-state index contributed by atoms with van der Waals surface area (Å²) in [7, 11) is 0. The highest BCUT2D eigenvalue weighted by atomic mass is 35.5. The van der Waals surface area contributed by atoms with Crippen molar-refractivity contribution in [3.8, 4) is 11.3 Å². The largest absolute Gasteiger partial charge is 0.355 e. The number of hydrogen-bond acceptors (Lipinski definition) is 3. The monoisotopic (exact) mass is 324 g/mol. The lowest BCUT2D eigenvalue weighted by atomic mass is 10.1. The fraction of sp³-hybridized carbons (Fsp3) is 0.111. The zero-order valence-corrected chi connectivity index (χ0v) is 13.0. The number of carbonyl (C=O) groups is 1. The third-order valence-corrected chi connectivity index (χ3v) is 4.21. The van der Waals surface area contributed by atoms with Gasteiger partial charge in [0, 0.05) is 28.9 Å². The van der Waals surface area contributed by atoms with E-state index in [0.717, 1.165) is 17.7 Å². The molecule has 0 atom stereocenters. The number of para-hydroxylation sites is 1. The molecule has 114 valence electrons. The van der Waals surface area contributed by atoms with Gasteiger partial charge in [-0.15, -0.1) is 0 Å². The third kappa shape index (κ3) is 2.51. The van der Waals surface area contributed by atoms with Crippen molar-refractivity contribution in [1.29, 1.82) is 0 Å². The predicted octanol–water partition coefficient (Wildman–Crippen LogP) is 4.20. The van der Waals surface area contributed by atoms with Crippen LogP contribution in [0.3, 0.4) is 0 Å². The normalized spacial score (nSPS) is 13.2. The van der Waals surface area contributed by atoms with Crippen molar-refractivity contribution in [2.75, 3.05) is 11.4 Å². The molecule has 3 aromatic rings. The quantitative estimate of drug-likeness (QED) is 0.709. The number of hydrogen-bond donors (Lipinski definition) is 0. The molecule has 0 unspecified atom stereocenters. The standard InChI is InChI=1S/C18H13ClN2O2/c19-14-6-3-5-13(10-14)17-11-15(20-23-17)18(22)21-9-8-12-4-1-2-7-16(12)21/h1-7,10-11H,8-9H2. The number of fused-ring (bicyclic) bond motifs is 1. The molecule has 1 aliphatic heterocycles. The van der Waals surface area contributed by atoms with Crippen molar-refractivity contribution in [3.63, 3.8) is 0 Å². The van der Waals surface area contributed by atoms with Crippen LogP contribution in [0.15, 0.2) is 59.1 Å². The Bertz CT molecular complexity index is 888. The van der Waals surface area contributed by atoms with Crippen LogP contribution in [0.25, 0.3) is 11.3 Å². The summed E-state index contributed by atoms with van der Waals surface area (Å²) >= 11 is 5.99. The van der Waals surface area contributed by atoms with E-state index >= 15 is 0 Å². The summed E-state index contributed by atoms with van der Waals surface area (Å²) in [5, 5.41) is 4.54. The molecule has 1 amide bonds. The molecule has 0 bridgehead atoms. The van der Waals surface area contributed by atoms with Crippen molar-refractivity contribution in [2.45, 2.75) is 6.42 Å². The van der Waals surface area contributed by atoms with Gasteiger partial charge in [-0.25, -0.2) is 0 Å². The number of halogens is 1. The minimum atomic E-state index is -0.146. The highest BCUT2D eigenvalue weighted by Gasteiger charge is 2.27. The van der Waals surface area contributed by atoms with Gasteiger partial charge in [0.05, 0.1) is 0 Å². The molecule has 0 aliphatic carbocycles. The van der Waals surface area contributed by atoms with Crippen molar-refractivity contribution < 1.29 is 9.32 Å². The van der Waals surface area contributed by atoms with Crippen LogP contribution >= 0.6 is 11.6 Å². The van der Waals surface area contributed by atoms with E-state index in [4.69, 9.17) is 16.1 Å². The molecule has 1 aliphatic rings. The van der Waals surface area contributed by atoms with Gasteiger partial charge in [-0.1, -0.05) is 47.1 Å². The van der Waals surface area contributed by atoms with Crippen molar-refractivity contribution >= 4 is 23.2 Å². The topological polar surface area (TPSA) is 46.3 Å². The summed E-state index contributed by atoms with van der Waals surface area (Å²) in [6.07, 6.45) is 0.862. The Morgan fingerprint density at radius 2 is 2.00 bits per heavy atom. The fourth-order valence-electron chi connectivity index (χ4n) is 2.84. The van der Waals surface area contributed by atoms with Gasteiger partial charge in [0.25, 0.3) is 5.91 Å². The maximum atomic E-state index is 12.7. The Morgan fingerprint density at radius 1 is 1.13 bits per heavy atom. The van der Waals surface area contributed by atoms with Gasteiger partial charge in [-0.05, 0) is 30.2 Å². The maximum absolute atomic E-state index is 12.7. The van der Waals surface area contributed by atoms with E-state index in [2.05, 4.69) is 5.16 Å². The second-order valence-electron chi connectivity index (χ2n) is 5.42. The Balaban J connectivity index is 1.64. The van der Waals surface area contributed by atoms with Crippen molar-refractivity contribution in [1.82, 2.24) is 5.16 Å². The van der Waals surface area contributed by atoms with E-state index < -0.39 is 0 Å². The van der Waals surface area contributed by atoms with E-state index in [9.17, 15) is 4.79 Å². The summed E-state index contributed by atoms with van der Waals surface area (Å²) in [4.78, 5) is 14.4. The molecule has 4 nitrogen and oxygen atoms in total. The number of rotatable bonds is 2. The number of benzene rings is 2. The van der Waals surface area contributed by atoms with Crippen molar-refractivity contribution in [2.24, 2.45) is 0 Å². The Morgan fingerprint density at radius 3 is 2.87 bits per heavy atom. The highest BCUT2D eigenvalue weighted by Crippen LogP contribution is 2.30. The molecule has 0 N–H and O–H groups in total. The van der Waals surface area contributed by atoms with Gasteiger partial charge in [-0.3, -0.25) is 4.79 Å². The van der Waals surface area contributed by atoms with Gasteiger partial charge in [0.1, 0.15) is 0 Å². The SMILES string of the molecule is O=C(c1cc(-c2cccc(Cl)c2)on1)N1CCc2ccccc21. The van der Waals surface area contributed by atoms with Gasteiger partial charge >= 0.3 is 0 Å². The minimum Gasteiger partial charge on any atom is -0.355 e. The summed E-state index contributed by atoms with van der Waals surface area (Å²) in [6.45, 7) is 0.664. The molecule has 4 rings (SSSR count). The number of anilines is 1. The van der Waals surface area contributed by atoms with Crippen LogP contribution in [0.2, 0.25) is 5.02 Å². The molecule has 0 fully saturated rings. The molecule has 23 heavy (non-hydrogen) atoms. The lowest BCUT2D eigenvalue weighted by molar-refractivity contribution is 0.0981. The lowest BCUT2D eigenvalue weighted by Gasteiger charge is -2.15. The molecule has 0 saturated carbocycles. The molecule has 0 saturated heterocycles. The fourth-order valence-corrected chi connectivity index (χ4v) is 3.03. The first-order valence-electron chi connectivity index (χ1n) is 7.35. The average molecular weight is 325 g/mol. The summed E-state index contributed by atoms with van der Waals surface area (Å²) < 4.78 is 5.32. The van der Waals surface area contributed by atoms with Crippen LogP contribution in [0, 0.1) is 0 Å². The second kappa shape index (κ2) is 5.56. The minimum absolute atomic E-state index is 0.146. The van der Waals surface area contributed by atoms with Crippen LogP contribution in [0.4, 0.5) is 5.69 Å². The first-order valence-corrected chi connectivity index (χ1v) is 7.72. The summed E-state index contributed by atoms with van der Waals surface area (Å²) in [5.74, 6) is 0.385. The molecule has 0 radical (unpaired) electrons. The van der Waals surface area contributed by atoms with E-state index in [1.54, 1.807) is 23.1 Å². The van der Waals surface area contributed by atoms with Crippen LogP contribution in [-0.2, 0) is 6.42 Å². The zero-order valence-electron chi connectivity index (χ0n) is 12.2. The molecular weight excluding hydrogens is 312 g/mol. The van der Waals surface area contributed by atoms with E-state index in [0.29, 0.717) is 23.0 Å². The first kappa shape index (κ1) is 14.0. The van der Waals surface area contributed by atoms with E-state index in [-0.39, 0.29) is 5.91 Å². The molecule has 1 aromatic heterocycles. The molecule has 2 aromatic carbocycles. The predicted molar refractivity (Wildman–Crippen MR) is 88.8 cm³/mol. The number of amides is 1. The van der Waals surface area contributed by atoms with Crippen LogP contribution < -0.4 is 4.90 Å². The highest BCUT2D eigenvalue weighted by molar-refractivity contribution is 6.30. The Kier molecular flexibility index (Phi) is 3.39. The van der Waals surface area contributed by atoms with Crippen LogP contribution in [-0.4, -0.2) is 17.6 Å². The summed E-state index contributed by atoms with van der Waals surface area (Å²) in [5.41, 5.74) is 3.23. The van der Waals surface area contributed by atoms with E-state index in [1.807, 2.05) is 36.4 Å². The van der Waals surface area contributed by atoms with Gasteiger partial charge in [0.15, 0.2) is 11.5 Å². The van der Waals surface area contributed by atoms with Gasteiger partial charge in [0.2, 0.25) is 0 Å². The second-order valence-corrected chi connectivity index (χ2v) is 5.86. The maximum Gasteiger partial charge on any atom is 0.280 e. The van der Waals surface area contributed by atoms with E-state index in [1.165, 1.54) is 5.56 Å². The molecule has 2 heterocycles. The van der Waals surface area contributed by atoms with Crippen LogP contribution in [0.5, 0.6) is 0 Å². The number of nitrogens with zero attached hydrogens (tertiary/aromatic N) is 2. The third-order valence-electron chi connectivity index (χ3n) is 3.97. The van der Waals surface area contributed by atoms with Gasteiger partial charge < -0.3 is 9.42 Å². The molecule has 0 spiro atoms. The van der Waals surface area contributed by atoms with Crippen molar-refractivity contribution in [3.05, 3.63) is 70.9 Å².